The van der Waals surface area contributed by atoms with E-state index in [9.17, 15) is 0 Å². The molecule has 0 aliphatic carbocycles. The predicted octanol–water partition coefficient (Wildman–Crippen LogP) is 2.48. The SMILES string of the molecule is CC(C)N1CCC(N2Cc3ccccc3C2)C1. The minimum Gasteiger partial charge on any atom is -0.299 e. The van der Waals surface area contributed by atoms with Crippen LogP contribution < -0.4 is 0 Å². The molecule has 2 aliphatic heterocycles. The van der Waals surface area contributed by atoms with E-state index in [1.807, 2.05) is 0 Å². The lowest BCUT2D eigenvalue weighted by molar-refractivity contribution is 0.184. The Morgan fingerprint density at radius 2 is 1.76 bits per heavy atom. The Morgan fingerprint density at radius 3 is 2.29 bits per heavy atom. The molecule has 92 valence electrons. The van der Waals surface area contributed by atoms with Gasteiger partial charge in [-0.1, -0.05) is 24.3 Å². The van der Waals surface area contributed by atoms with Crippen LogP contribution in [0.25, 0.3) is 0 Å². The van der Waals surface area contributed by atoms with Crippen molar-refractivity contribution in [3.05, 3.63) is 35.4 Å². The van der Waals surface area contributed by atoms with Gasteiger partial charge in [0.1, 0.15) is 0 Å². The number of hydrogen-bond acceptors (Lipinski definition) is 2. The minimum atomic E-state index is 0.699. The van der Waals surface area contributed by atoms with E-state index < -0.39 is 0 Å². The van der Waals surface area contributed by atoms with Crippen LogP contribution in [0.15, 0.2) is 24.3 Å². The summed E-state index contributed by atoms with van der Waals surface area (Å²) in [5, 5.41) is 0. The van der Waals surface area contributed by atoms with Crippen LogP contribution in [0.2, 0.25) is 0 Å². The highest BCUT2D eigenvalue weighted by Crippen LogP contribution is 2.28. The molecular formula is C15H22N2. The van der Waals surface area contributed by atoms with Crippen LogP contribution in [0.5, 0.6) is 0 Å². The van der Waals surface area contributed by atoms with E-state index in [1.165, 1.54) is 30.6 Å². The molecule has 3 rings (SSSR count). The fraction of sp³-hybridized carbons (Fsp3) is 0.600. The highest BCUT2D eigenvalue weighted by Gasteiger charge is 2.31. The first-order valence-corrected chi connectivity index (χ1v) is 6.79. The van der Waals surface area contributed by atoms with Crippen molar-refractivity contribution in [1.82, 2.24) is 9.80 Å². The zero-order chi connectivity index (χ0) is 11.8. The van der Waals surface area contributed by atoms with E-state index in [2.05, 4.69) is 47.9 Å². The van der Waals surface area contributed by atoms with Crippen molar-refractivity contribution in [2.24, 2.45) is 0 Å². The summed E-state index contributed by atoms with van der Waals surface area (Å²) in [6.45, 7) is 9.46. The topological polar surface area (TPSA) is 6.48 Å². The lowest BCUT2D eigenvalue weighted by Crippen LogP contribution is -2.35. The molecule has 0 bridgehead atoms. The smallest absolute Gasteiger partial charge is 0.0244 e. The summed E-state index contributed by atoms with van der Waals surface area (Å²) in [6, 6.07) is 10.4. The highest BCUT2D eigenvalue weighted by atomic mass is 15.3. The van der Waals surface area contributed by atoms with Gasteiger partial charge >= 0.3 is 0 Å². The Morgan fingerprint density at radius 1 is 1.12 bits per heavy atom. The van der Waals surface area contributed by atoms with E-state index in [0.29, 0.717) is 6.04 Å². The number of rotatable bonds is 2. The second-order valence-corrected chi connectivity index (χ2v) is 5.70. The van der Waals surface area contributed by atoms with Crippen LogP contribution in [0.1, 0.15) is 31.4 Å². The van der Waals surface area contributed by atoms with Crippen LogP contribution in [0.3, 0.4) is 0 Å². The van der Waals surface area contributed by atoms with Gasteiger partial charge in [0.2, 0.25) is 0 Å². The highest BCUT2D eigenvalue weighted by molar-refractivity contribution is 5.30. The standard InChI is InChI=1S/C15H22N2/c1-12(2)16-8-7-15(11-16)17-9-13-5-3-4-6-14(13)10-17/h3-6,12,15H,7-11H2,1-2H3. The van der Waals surface area contributed by atoms with Crippen LogP contribution in [0, 0.1) is 0 Å². The van der Waals surface area contributed by atoms with Crippen LogP contribution in [0.4, 0.5) is 0 Å². The van der Waals surface area contributed by atoms with Crippen LogP contribution in [-0.4, -0.2) is 35.0 Å². The number of likely N-dealkylation sites (tertiary alicyclic amines) is 1. The van der Waals surface area contributed by atoms with E-state index in [4.69, 9.17) is 0 Å². The summed E-state index contributed by atoms with van der Waals surface area (Å²) in [7, 11) is 0. The van der Waals surface area contributed by atoms with Gasteiger partial charge in [-0.2, -0.15) is 0 Å². The first-order chi connectivity index (χ1) is 8.24. The van der Waals surface area contributed by atoms with Gasteiger partial charge in [0.25, 0.3) is 0 Å². The molecule has 2 heteroatoms. The molecule has 0 amide bonds. The summed E-state index contributed by atoms with van der Waals surface area (Å²) in [4.78, 5) is 5.26. The Labute approximate surface area is 104 Å². The molecule has 1 aromatic carbocycles. The third kappa shape index (κ3) is 2.12. The maximum atomic E-state index is 2.66. The van der Waals surface area contributed by atoms with Crippen molar-refractivity contribution in [3.63, 3.8) is 0 Å². The van der Waals surface area contributed by atoms with E-state index in [1.54, 1.807) is 0 Å². The van der Waals surface area contributed by atoms with Gasteiger partial charge in [-0.05, 0) is 31.4 Å². The molecule has 2 nitrogen and oxygen atoms in total. The largest absolute Gasteiger partial charge is 0.299 e. The second-order valence-electron chi connectivity index (χ2n) is 5.70. The molecule has 2 aliphatic rings. The van der Waals surface area contributed by atoms with E-state index >= 15 is 0 Å². The van der Waals surface area contributed by atoms with Gasteiger partial charge in [0.15, 0.2) is 0 Å². The maximum absolute atomic E-state index is 2.66. The van der Waals surface area contributed by atoms with Gasteiger partial charge in [0, 0.05) is 38.3 Å². The first-order valence-electron chi connectivity index (χ1n) is 6.79. The minimum absolute atomic E-state index is 0.699. The molecule has 1 saturated heterocycles. The fourth-order valence-electron chi connectivity index (χ4n) is 3.15. The van der Waals surface area contributed by atoms with Crippen molar-refractivity contribution >= 4 is 0 Å². The maximum Gasteiger partial charge on any atom is 0.0244 e. The molecule has 1 fully saturated rings. The number of benzene rings is 1. The summed E-state index contributed by atoms with van der Waals surface area (Å²) >= 11 is 0. The van der Waals surface area contributed by atoms with Gasteiger partial charge in [-0.25, -0.2) is 0 Å². The van der Waals surface area contributed by atoms with Crippen molar-refractivity contribution in [2.75, 3.05) is 13.1 Å². The fourth-order valence-corrected chi connectivity index (χ4v) is 3.15. The quantitative estimate of drug-likeness (QED) is 0.770. The third-order valence-electron chi connectivity index (χ3n) is 4.31. The second kappa shape index (κ2) is 4.43. The first kappa shape index (κ1) is 11.2. The Bertz CT molecular complexity index is 375. The molecule has 1 atom stereocenters. The lowest BCUT2D eigenvalue weighted by Gasteiger charge is -2.25. The molecule has 17 heavy (non-hydrogen) atoms. The molecule has 0 saturated carbocycles. The van der Waals surface area contributed by atoms with Gasteiger partial charge < -0.3 is 0 Å². The molecule has 2 heterocycles. The van der Waals surface area contributed by atoms with Crippen molar-refractivity contribution in [3.8, 4) is 0 Å². The normalized spacial score (nSPS) is 25.7. The average Bonchev–Trinajstić information content (AvgIpc) is 2.95. The van der Waals surface area contributed by atoms with Gasteiger partial charge in [0.05, 0.1) is 0 Å². The molecule has 0 radical (unpaired) electrons. The summed E-state index contributed by atoms with van der Waals surface area (Å²) in [5.74, 6) is 0. The summed E-state index contributed by atoms with van der Waals surface area (Å²) in [6.07, 6.45) is 1.34. The predicted molar refractivity (Wildman–Crippen MR) is 70.8 cm³/mol. The molecule has 0 N–H and O–H groups in total. The summed E-state index contributed by atoms with van der Waals surface area (Å²) in [5.41, 5.74) is 3.07. The molecule has 1 aromatic rings. The van der Waals surface area contributed by atoms with Crippen molar-refractivity contribution in [1.29, 1.82) is 0 Å². The summed E-state index contributed by atoms with van der Waals surface area (Å²) < 4.78 is 0. The Hall–Kier alpha value is -0.860. The average molecular weight is 230 g/mol. The lowest BCUT2D eigenvalue weighted by atomic mass is 10.1. The van der Waals surface area contributed by atoms with Crippen LogP contribution in [-0.2, 0) is 13.1 Å². The van der Waals surface area contributed by atoms with Gasteiger partial charge in [-0.15, -0.1) is 0 Å². The van der Waals surface area contributed by atoms with Crippen molar-refractivity contribution < 1.29 is 0 Å². The molecular weight excluding hydrogens is 208 g/mol. The van der Waals surface area contributed by atoms with E-state index in [-0.39, 0.29) is 0 Å². The van der Waals surface area contributed by atoms with Gasteiger partial charge in [-0.3, -0.25) is 9.80 Å². The molecule has 1 unspecified atom stereocenters. The number of fused-ring (bicyclic) bond motifs is 1. The Kier molecular flexibility index (Phi) is 2.93. The number of hydrogen-bond donors (Lipinski definition) is 0. The molecule has 0 spiro atoms. The zero-order valence-corrected chi connectivity index (χ0v) is 10.9. The Balaban J connectivity index is 1.66. The molecule has 0 aromatic heterocycles. The van der Waals surface area contributed by atoms with Crippen molar-refractivity contribution in [2.45, 2.75) is 45.4 Å². The third-order valence-corrected chi connectivity index (χ3v) is 4.31. The number of nitrogens with zero attached hydrogens (tertiary/aromatic N) is 2. The zero-order valence-electron chi connectivity index (χ0n) is 10.9. The van der Waals surface area contributed by atoms with E-state index in [0.717, 1.165) is 19.1 Å². The van der Waals surface area contributed by atoms with Crippen LogP contribution >= 0.6 is 0 Å². The monoisotopic (exact) mass is 230 g/mol.